The van der Waals surface area contributed by atoms with E-state index in [4.69, 9.17) is 10.5 Å². The van der Waals surface area contributed by atoms with Crippen molar-refractivity contribution in [3.8, 4) is 11.5 Å². The van der Waals surface area contributed by atoms with Gasteiger partial charge < -0.3 is 10.5 Å². The van der Waals surface area contributed by atoms with Gasteiger partial charge in [0, 0.05) is 24.4 Å². The van der Waals surface area contributed by atoms with Crippen LogP contribution in [0.4, 0.5) is 5.69 Å². The number of carbonyl (C=O) groups is 1. The molecule has 1 aromatic heterocycles. The number of ether oxygens (including phenoxy) is 1. The van der Waals surface area contributed by atoms with Crippen LogP contribution in [0.1, 0.15) is 23.8 Å². The summed E-state index contributed by atoms with van der Waals surface area (Å²) in [6.07, 6.45) is 1.99. The third-order valence-electron chi connectivity index (χ3n) is 2.45. The first-order valence-corrected chi connectivity index (χ1v) is 5.71. The van der Waals surface area contributed by atoms with Gasteiger partial charge in [0.15, 0.2) is 5.78 Å². The lowest BCUT2D eigenvalue weighted by Gasteiger charge is -2.06. The van der Waals surface area contributed by atoms with E-state index in [1.807, 2.05) is 0 Å². The van der Waals surface area contributed by atoms with Crippen molar-refractivity contribution in [2.75, 3.05) is 5.73 Å². The van der Waals surface area contributed by atoms with Crippen LogP contribution < -0.4 is 10.5 Å². The summed E-state index contributed by atoms with van der Waals surface area (Å²) in [5.41, 5.74) is 6.69. The highest BCUT2D eigenvalue weighted by molar-refractivity contribution is 5.94. The number of rotatable bonds is 4. The first-order valence-electron chi connectivity index (χ1n) is 5.71. The zero-order valence-corrected chi connectivity index (χ0v) is 10.1. The Morgan fingerprint density at radius 1 is 1.22 bits per heavy atom. The van der Waals surface area contributed by atoms with E-state index in [2.05, 4.69) is 4.98 Å². The Morgan fingerprint density at radius 3 is 2.61 bits per heavy atom. The zero-order valence-electron chi connectivity index (χ0n) is 10.1. The molecule has 0 radical (unpaired) electrons. The summed E-state index contributed by atoms with van der Waals surface area (Å²) in [5, 5.41) is 0. The maximum absolute atomic E-state index is 11.5. The number of nitrogen functional groups attached to an aromatic ring is 1. The minimum absolute atomic E-state index is 0.00208. The predicted molar refractivity (Wildman–Crippen MR) is 69.8 cm³/mol. The zero-order chi connectivity index (χ0) is 13.0. The first kappa shape index (κ1) is 12.1. The van der Waals surface area contributed by atoms with Crippen molar-refractivity contribution in [2.45, 2.75) is 13.3 Å². The van der Waals surface area contributed by atoms with Gasteiger partial charge in [0.2, 0.25) is 0 Å². The molecule has 2 aromatic rings. The number of ketones is 1. The molecular formula is C14H14N2O2. The fourth-order valence-corrected chi connectivity index (χ4v) is 1.48. The van der Waals surface area contributed by atoms with Gasteiger partial charge in [-0.15, -0.1) is 0 Å². The highest BCUT2D eigenvalue weighted by Gasteiger charge is 2.06. The molecule has 1 aromatic carbocycles. The van der Waals surface area contributed by atoms with Crippen molar-refractivity contribution in [2.24, 2.45) is 0 Å². The number of benzene rings is 1. The molecular weight excluding hydrogens is 228 g/mol. The normalized spacial score (nSPS) is 10.1. The maximum Gasteiger partial charge on any atom is 0.181 e. The van der Waals surface area contributed by atoms with Crippen molar-refractivity contribution < 1.29 is 9.53 Å². The number of aromatic nitrogens is 1. The molecule has 0 aliphatic rings. The van der Waals surface area contributed by atoms with E-state index in [1.165, 1.54) is 0 Å². The second-order valence-corrected chi connectivity index (χ2v) is 3.82. The van der Waals surface area contributed by atoms with Crippen LogP contribution in [0, 0.1) is 0 Å². The van der Waals surface area contributed by atoms with E-state index in [0.717, 1.165) is 0 Å². The van der Waals surface area contributed by atoms with Gasteiger partial charge >= 0.3 is 0 Å². The van der Waals surface area contributed by atoms with Gasteiger partial charge in [-0.2, -0.15) is 0 Å². The molecule has 0 unspecified atom stereocenters. The highest BCUT2D eigenvalue weighted by atomic mass is 16.5. The molecule has 0 aliphatic heterocycles. The van der Waals surface area contributed by atoms with Gasteiger partial charge in [-0.3, -0.25) is 9.78 Å². The van der Waals surface area contributed by atoms with Gasteiger partial charge in [0.05, 0.1) is 0 Å². The largest absolute Gasteiger partial charge is 0.457 e. The smallest absolute Gasteiger partial charge is 0.181 e. The fraction of sp³-hybridized carbons (Fsp3) is 0.143. The van der Waals surface area contributed by atoms with Crippen molar-refractivity contribution in [3.05, 3.63) is 48.3 Å². The molecule has 0 fully saturated rings. The number of hydrogen-bond acceptors (Lipinski definition) is 4. The second kappa shape index (κ2) is 5.31. The Labute approximate surface area is 105 Å². The SMILES string of the molecule is CCC(=O)c1cc(Oc2ccc(N)cc2)ccn1. The third kappa shape index (κ3) is 2.85. The Morgan fingerprint density at radius 2 is 1.94 bits per heavy atom. The summed E-state index contributed by atoms with van der Waals surface area (Å²) in [7, 11) is 0. The van der Waals surface area contributed by atoms with Crippen LogP contribution in [0.5, 0.6) is 11.5 Å². The Hall–Kier alpha value is -2.36. The van der Waals surface area contributed by atoms with Crippen LogP contribution in [0.3, 0.4) is 0 Å². The van der Waals surface area contributed by atoms with E-state index in [0.29, 0.717) is 29.3 Å². The lowest BCUT2D eigenvalue weighted by molar-refractivity contribution is 0.0983. The van der Waals surface area contributed by atoms with E-state index < -0.39 is 0 Å². The molecule has 4 heteroatoms. The van der Waals surface area contributed by atoms with Gasteiger partial charge in [-0.05, 0) is 30.3 Å². The standard InChI is InChI=1S/C14H14N2O2/c1-2-14(17)13-9-12(7-8-16-13)18-11-5-3-10(15)4-6-11/h3-9H,2,15H2,1H3. The van der Waals surface area contributed by atoms with Crippen LogP contribution in [-0.4, -0.2) is 10.8 Å². The van der Waals surface area contributed by atoms with Gasteiger partial charge in [0.1, 0.15) is 17.2 Å². The van der Waals surface area contributed by atoms with Crippen molar-refractivity contribution in [1.82, 2.24) is 4.98 Å². The molecule has 0 aliphatic carbocycles. The van der Waals surface area contributed by atoms with E-state index in [-0.39, 0.29) is 5.78 Å². The van der Waals surface area contributed by atoms with Gasteiger partial charge in [0.25, 0.3) is 0 Å². The number of carbonyl (C=O) groups excluding carboxylic acids is 1. The topological polar surface area (TPSA) is 65.2 Å². The molecule has 0 bridgehead atoms. The summed E-state index contributed by atoms with van der Waals surface area (Å²) in [4.78, 5) is 15.5. The van der Waals surface area contributed by atoms with Crippen LogP contribution in [0.25, 0.3) is 0 Å². The summed E-state index contributed by atoms with van der Waals surface area (Å²) in [6.45, 7) is 1.80. The quantitative estimate of drug-likeness (QED) is 0.661. The van der Waals surface area contributed by atoms with Gasteiger partial charge in [-0.25, -0.2) is 0 Å². The number of nitrogens with zero attached hydrogens (tertiary/aromatic N) is 1. The summed E-state index contributed by atoms with van der Waals surface area (Å²) in [5.74, 6) is 1.26. The van der Waals surface area contributed by atoms with Crippen molar-refractivity contribution in [3.63, 3.8) is 0 Å². The van der Waals surface area contributed by atoms with Crippen LogP contribution in [0.15, 0.2) is 42.6 Å². The van der Waals surface area contributed by atoms with Crippen molar-refractivity contribution >= 4 is 11.5 Å². The summed E-state index contributed by atoms with van der Waals surface area (Å²) < 4.78 is 5.62. The van der Waals surface area contributed by atoms with E-state index >= 15 is 0 Å². The number of pyridine rings is 1. The number of anilines is 1. The Bertz CT molecular complexity index is 550. The van der Waals surface area contributed by atoms with Gasteiger partial charge in [-0.1, -0.05) is 6.92 Å². The van der Waals surface area contributed by atoms with E-state index in [1.54, 1.807) is 49.5 Å². The predicted octanol–water partition coefficient (Wildman–Crippen LogP) is 3.05. The number of Topliss-reactive ketones (excluding diaryl/α,β-unsaturated/α-hetero) is 1. The van der Waals surface area contributed by atoms with Crippen LogP contribution in [0.2, 0.25) is 0 Å². The summed E-state index contributed by atoms with van der Waals surface area (Å²) >= 11 is 0. The van der Waals surface area contributed by atoms with E-state index in [9.17, 15) is 4.79 Å². The molecule has 0 amide bonds. The molecule has 0 atom stereocenters. The third-order valence-corrected chi connectivity index (χ3v) is 2.45. The summed E-state index contributed by atoms with van der Waals surface area (Å²) in [6, 6.07) is 10.4. The minimum Gasteiger partial charge on any atom is -0.457 e. The molecule has 0 saturated heterocycles. The van der Waals surface area contributed by atoms with Crippen LogP contribution in [-0.2, 0) is 0 Å². The molecule has 1 heterocycles. The van der Waals surface area contributed by atoms with Crippen molar-refractivity contribution in [1.29, 1.82) is 0 Å². The molecule has 2 rings (SSSR count). The second-order valence-electron chi connectivity index (χ2n) is 3.82. The highest BCUT2D eigenvalue weighted by Crippen LogP contribution is 2.22. The van der Waals surface area contributed by atoms with Crippen LogP contribution >= 0.6 is 0 Å². The minimum atomic E-state index is -0.00208. The molecule has 4 nitrogen and oxygen atoms in total. The Balaban J connectivity index is 2.19. The average molecular weight is 242 g/mol. The average Bonchev–Trinajstić information content (AvgIpc) is 2.41. The maximum atomic E-state index is 11.5. The number of nitrogens with two attached hydrogens (primary N) is 1. The molecule has 2 N–H and O–H groups in total. The lowest BCUT2D eigenvalue weighted by atomic mass is 10.2. The fourth-order valence-electron chi connectivity index (χ4n) is 1.48. The number of hydrogen-bond donors (Lipinski definition) is 1. The lowest BCUT2D eigenvalue weighted by Crippen LogP contribution is -2.00. The Kier molecular flexibility index (Phi) is 3.57. The molecule has 0 spiro atoms. The molecule has 0 saturated carbocycles. The monoisotopic (exact) mass is 242 g/mol. The molecule has 18 heavy (non-hydrogen) atoms. The first-order chi connectivity index (χ1) is 8.69. The molecule has 92 valence electrons.